The number of aromatic nitrogens is 2. The predicted molar refractivity (Wildman–Crippen MR) is 128 cm³/mol. The maximum Gasteiger partial charge on any atom is 0.297 e. The lowest BCUT2D eigenvalue weighted by Crippen LogP contribution is -2.29. The summed E-state index contributed by atoms with van der Waals surface area (Å²) in [5.74, 6) is 0.132. The Kier molecular flexibility index (Phi) is 5.35. The molecule has 1 aliphatic heterocycles. The summed E-state index contributed by atoms with van der Waals surface area (Å²) in [7, 11) is 0. The minimum absolute atomic E-state index is 0.0771. The molecule has 5 rings (SSSR count). The van der Waals surface area contributed by atoms with E-state index < -0.39 is 6.04 Å². The van der Waals surface area contributed by atoms with Crippen LogP contribution in [0.2, 0.25) is 0 Å². The summed E-state index contributed by atoms with van der Waals surface area (Å²) in [6.07, 6.45) is 2.79. The Morgan fingerprint density at radius 1 is 1.09 bits per heavy atom. The van der Waals surface area contributed by atoms with E-state index in [2.05, 4.69) is 24.0 Å². The first-order valence-corrected chi connectivity index (χ1v) is 12.4. The third-order valence-electron chi connectivity index (χ3n) is 5.45. The Morgan fingerprint density at radius 2 is 1.84 bits per heavy atom. The van der Waals surface area contributed by atoms with Crippen LogP contribution in [0.1, 0.15) is 46.6 Å². The van der Waals surface area contributed by atoms with Crippen molar-refractivity contribution in [3.05, 3.63) is 80.6 Å². The minimum atomic E-state index is -0.617. The molecule has 1 atom stereocenters. The summed E-state index contributed by atoms with van der Waals surface area (Å²) in [6, 6.07) is 14.3. The Labute approximate surface area is 193 Å². The second-order valence-corrected chi connectivity index (χ2v) is 10.0. The predicted octanol–water partition coefficient (Wildman–Crippen LogP) is 5.31. The average Bonchev–Trinajstić information content (AvgIpc) is 3.36. The molecule has 2 aromatic heterocycles. The fourth-order valence-corrected chi connectivity index (χ4v) is 5.48. The van der Waals surface area contributed by atoms with Crippen molar-refractivity contribution in [2.45, 2.75) is 31.2 Å². The van der Waals surface area contributed by atoms with Crippen molar-refractivity contribution in [3.63, 3.8) is 0 Å². The lowest BCUT2D eigenvalue weighted by Gasteiger charge is -2.22. The number of thioether (sulfide) groups is 1. The van der Waals surface area contributed by atoms with Gasteiger partial charge in [0.25, 0.3) is 5.91 Å². The summed E-state index contributed by atoms with van der Waals surface area (Å²) < 4.78 is 5.98. The van der Waals surface area contributed by atoms with Gasteiger partial charge in [-0.05, 0) is 42.0 Å². The fourth-order valence-electron chi connectivity index (χ4n) is 3.99. The van der Waals surface area contributed by atoms with E-state index in [0.29, 0.717) is 27.6 Å². The van der Waals surface area contributed by atoms with E-state index in [0.717, 1.165) is 21.9 Å². The van der Waals surface area contributed by atoms with Gasteiger partial charge in [-0.15, -0.1) is 22.0 Å². The first-order chi connectivity index (χ1) is 15.5. The second-order valence-electron chi connectivity index (χ2n) is 8.10. The number of carbonyl (C=O) groups excluding carboxylic acids is 1. The van der Waals surface area contributed by atoms with Gasteiger partial charge in [-0.3, -0.25) is 14.5 Å². The molecule has 0 aliphatic carbocycles. The summed E-state index contributed by atoms with van der Waals surface area (Å²) in [4.78, 5) is 29.7. The largest absolute Gasteiger partial charge is 0.450 e. The van der Waals surface area contributed by atoms with Crippen LogP contribution < -0.4 is 10.3 Å². The van der Waals surface area contributed by atoms with Crippen molar-refractivity contribution < 1.29 is 9.21 Å². The highest BCUT2D eigenvalue weighted by Crippen LogP contribution is 2.42. The maximum atomic E-state index is 13.6. The molecular formula is C24H21N3O3S2. The van der Waals surface area contributed by atoms with Crippen LogP contribution in [0.4, 0.5) is 5.13 Å². The maximum absolute atomic E-state index is 13.6. The monoisotopic (exact) mass is 463 g/mol. The smallest absolute Gasteiger partial charge is 0.297 e. The molecule has 1 unspecified atom stereocenters. The molecule has 6 nitrogen and oxygen atoms in total. The van der Waals surface area contributed by atoms with Gasteiger partial charge in [-0.25, -0.2) is 0 Å². The summed E-state index contributed by atoms with van der Waals surface area (Å²) in [5.41, 5.74) is 1.40. The molecule has 0 N–H and O–H groups in total. The molecule has 162 valence electrons. The molecule has 0 spiro atoms. The van der Waals surface area contributed by atoms with E-state index in [1.54, 1.807) is 40.9 Å². The van der Waals surface area contributed by atoms with Crippen LogP contribution in [-0.4, -0.2) is 22.4 Å². The normalized spacial score (nSPS) is 15.7. The number of amides is 1. The highest BCUT2D eigenvalue weighted by Gasteiger charge is 2.45. The number of anilines is 1. The third-order valence-corrected chi connectivity index (χ3v) is 7.14. The Morgan fingerprint density at radius 3 is 2.56 bits per heavy atom. The number of rotatable bonds is 5. The highest BCUT2D eigenvalue weighted by atomic mass is 32.2. The van der Waals surface area contributed by atoms with Gasteiger partial charge in [-0.1, -0.05) is 49.4 Å². The van der Waals surface area contributed by atoms with Crippen LogP contribution in [0.5, 0.6) is 0 Å². The number of nitrogens with zero attached hydrogens (tertiary/aromatic N) is 3. The van der Waals surface area contributed by atoms with Crippen LogP contribution in [0.3, 0.4) is 0 Å². The topological polar surface area (TPSA) is 76.3 Å². The van der Waals surface area contributed by atoms with Crippen molar-refractivity contribution in [2.24, 2.45) is 5.92 Å². The molecule has 1 aliphatic rings. The number of carbonyl (C=O) groups is 1. The first-order valence-electron chi connectivity index (χ1n) is 10.3. The highest BCUT2D eigenvalue weighted by molar-refractivity contribution is 7.98. The second kappa shape index (κ2) is 8.18. The molecule has 0 fully saturated rings. The van der Waals surface area contributed by atoms with E-state index in [1.807, 2.05) is 30.5 Å². The van der Waals surface area contributed by atoms with E-state index in [4.69, 9.17) is 4.42 Å². The number of para-hydroxylation sites is 1. The zero-order valence-corrected chi connectivity index (χ0v) is 19.5. The summed E-state index contributed by atoms with van der Waals surface area (Å²) >= 11 is 3.02. The van der Waals surface area contributed by atoms with Gasteiger partial charge >= 0.3 is 0 Å². The molecule has 2 aromatic carbocycles. The molecule has 0 saturated heterocycles. The molecule has 4 aromatic rings. The van der Waals surface area contributed by atoms with Gasteiger partial charge in [0.15, 0.2) is 5.43 Å². The Balaban J connectivity index is 1.72. The van der Waals surface area contributed by atoms with Gasteiger partial charge < -0.3 is 4.42 Å². The van der Waals surface area contributed by atoms with Crippen molar-refractivity contribution in [1.82, 2.24) is 10.2 Å². The Hall–Kier alpha value is -2.97. The van der Waals surface area contributed by atoms with Gasteiger partial charge in [-0.2, -0.15) is 0 Å². The van der Waals surface area contributed by atoms with Crippen LogP contribution in [-0.2, 0) is 6.42 Å². The molecule has 1 amide bonds. The molecule has 3 heterocycles. The van der Waals surface area contributed by atoms with Crippen LogP contribution >= 0.6 is 23.1 Å². The van der Waals surface area contributed by atoms with E-state index in [1.165, 1.54) is 11.3 Å². The SMILES string of the molecule is CSc1ccc(C2c3c(oc4ccccc4c3=O)C(=O)N2c2nnc(CC(C)C)s2)cc1. The fraction of sp³-hybridized carbons (Fsp3) is 0.250. The molecule has 0 saturated carbocycles. The van der Waals surface area contributed by atoms with Crippen molar-refractivity contribution in [3.8, 4) is 0 Å². The number of benzene rings is 2. The first kappa shape index (κ1) is 20.9. The molecule has 0 bridgehead atoms. The molecular weight excluding hydrogens is 442 g/mol. The molecule has 32 heavy (non-hydrogen) atoms. The zero-order valence-electron chi connectivity index (χ0n) is 17.9. The van der Waals surface area contributed by atoms with Crippen LogP contribution in [0, 0.1) is 5.92 Å². The van der Waals surface area contributed by atoms with Crippen molar-refractivity contribution in [1.29, 1.82) is 0 Å². The van der Waals surface area contributed by atoms with Gasteiger partial charge in [0, 0.05) is 11.3 Å². The average molecular weight is 464 g/mol. The number of hydrogen-bond donors (Lipinski definition) is 0. The van der Waals surface area contributed by atoms with E-state index in [-0.39, 0.29) is 17.1 Å². The Bertz CT molecular complexity index is 1380. The lowest BCUT2D eigenvalue weighted by atomic mass is 9.99. The van der Waals surface area contributed by atoms with E-state index in [9.17, 15) is 9.59 Å². The van der Waals surface area contributed by atoms with Gasteiger partial charge in [0.1, 0.15) is 10.6 Å². The van der Waals surface area contributed by atoms with Crippen molar-refractivity contribution in [2.75, 3.05) is 11.2 Å². The number of hydrogen-bond acceptors (Lipinski definition) is 7. The standard InChI is InChI=1S/C24H21N3O3S2/c1-13(2)12-18-25-26-24(32-18)27-20(14-8-10-15(31-3)11-9-14)19-21(28)16-6-4-5-7-17(16)30-22(19)23(27)29/h4-11,13,20H,12H2,1-3H3. The molecule has 0 radical (unpaired) electrons. The van der Waals surface area contributed by atoms with Crippen molar-refractivity contribution >= 4 is 45.1 Å². The van der Waals surface area contributed by atoms with Crippen LogP contribution in [0.25, 0.3) is 11.0 Å². The van der Waals surface area contributed by atoms with E-state index >= 15 is 0 Å². The zero-order chi connectivity index (χ0) is 22.4. The van der Waals surface area contributed by atoms with Crippen LogP contribution in [0.15, 0.2) is 62.6 Å². The lowest BCUT2D eigenvalue weighted by molar-refractivity contribution is 0.0970. The minimum Gasteiger partial charge on any atom is -0.450 e. The van der Waals surface area contributed by atoms with Gasteiger partial charge in [0.05, 0.1) is 17.0 Å². The van der Waals surface area contributed by atoms with Gasteiger partial charge in [0.2, 0.25) is 10.9 Å². The third kappa shape index (κ3) is 3.43. The summed E-state index contributed by atoms with van der Waals surface area (Å²) in [5, 5.41) is 10.4. The number of fused-ring (bicyclic) bond motifs is 2. The quantitative estimate of drug-likeness (QED) is 0.373. The molecule has 8 heteroatoms. The summed E-state index contributed by atoms with van der Waals surface area (Å²) in [6.45, 7) is 4.23.